The highest BCUT2D eigenvalue weighted by molar-refractivity contribution is 5.46. The lowest BCUT2D eigenvalue weighted by Gasteiger charge is -2.39. The minimum Gasteiger partial charge on any atom is -0.392 e. The van der Waals surface area contributed by atoms with E-state index in [2.05, 4.69) is 30.7 Å². The van der Waals surface area contributed by atoms with Gasteiger partial charge in [0.05, 0.1) is 6.61 Å². The van der Waals surface area contributed by atoms with Crippen molar-refractivity contribution < 1.29 is 5.11 Å². The molecule has 1 N–H and O–H groups in total. The zero-order valence-electron chi connectivity index (χ0n) is 11.7. The Balaban J connectivity index is 2.06. The quantitative estimate of drug-likeness (QED) is 0.874. The van der Waals surface area contributed by atoms with Crippen LogP contribution in [-0.2, 0) is 6.61 Å². The number of aliphatic hydroxyl groups is 1. The minimum atomic E-state index is 0.0718. The summed E-state index contributed by atoms with van der Waals surface area (Å²) in [7, 11) is 0. The van der Waals surface area contributed by atoms with Crippen molar-refractivity contribution in [3.05, 3.63) is 23.9 Å². The van der Waals surface area contributed by atoms with Gasteiger partial charge in [-0.15, -0.1) is 0 Å². The van der Waals surface area contributed by atoms with Gasteiger partial charge in [0, 0.05) is 24.8 Å². The van der Waals surface area contributed by atoms with Crippen LogP contribution in [0.2, 0.25) is 0 Å². The topological polar surface area (TPSA) is 36.4 Å². The van der Waals surface area contributed by atoms with Crippen molar-refractivity contribution in [3.63, 3.8) is 0 Å². The zero-order valence-corrected chi connectivity index (χ0v) is 11.7. The molecule has 1 aromatic rings. The summed E-state index contributed by atoms with van der Waals surface area (Å²) in [6, 6.07) is 3.84. The molecular weight excluding hydrogens is 224 g/mol. The summed E-state index contributed by atoms with van der Waals surface area (Å²) in [6.45, 7) is 9.15. The molecular formula is C15H24N2O. The molecule has 0 spiro atoms. The lowest BCUT2D eigenvalue weighted by Crippen LogP contribution is -2.38. The molecule has 0 bridgehead atoms. The molecule has 1 aromatic heterocycles. The molecule has 3 heteroatoms. The molecule has 2 heterocycles. The van der Waals surface area contributed by atoms with Gasteiger partial charge in [0.25, 0.3) is 0 Å². The second kappa shape index (κ2) is 5.27. The lowest BCUT2D eigenvalue weighted by atomic mass is 9.75. The number of piperidine rings is 1. The summed E-state index contributed by atoms with van der Waals surface area (Å²) in [5, 5.41) is 9.36. The van der Waals surface area contributed by atoms with E-state index >= 15 is 0 Å². The first-order valence-electron chi connectivity index (χ1n) is 6.82. The summed E-state index contributed by atoms with van der Waals surface area (Å²) in [6.07, 6.45) is 4.24. The third-order valence-corrected chi connectivity index (χ3v) is 4.06. The third kappa shape index (κ3) is 2.83. The van der Waals surface area contributed by atoms with E-state index in [0.717, 1.165) is 30.4 Å². The van der Waals surface area contributed by atoms with Crippen molar-refractivity contribution in [2.24, 2.45) is 11.3 Å². The third-order valence-electron chi connectivity index (χ3n) is 4.06. The SMILES string of the molecule is CC(C)(C)C1CCN(c2ncccc2CO)CC1. The number of aliphatic hydroxyl groups excluding tert-OH is 1. The van der Waals surface area contributed by atoms with Crippen molar-refractivity contribution in [1.82, 2.24) is 4.98 Å². The molecule has 0 amide bonds. The van der Waals surface area contributed by atoms with Crippen molar-refractivity contribution in [2.45, 2.75) is 40.2 Å². The highest BCUT2D eigenvalue weighted by Gasteiger charge is 2.29. The number of rotatable bonds is 2. The number of hydrogen-bond acceptors (Lipinski definition) is 3. The van der Waals surface area contributed by atoms with Crippen LogP contribution in [0.3, 0.4) is 0 Å². The zero-order chi connectivity index (χ0) is 13.2. The van der Waals surface area contributed by atoms with Crippen LogP contribution in [0.25, 0.3) is 0 Å². The number of nitrogens with zero attached hydrogens (tertiary/aromatic N) is 2. The van der Waals surface area contributed by atoms with Crippen LogP contribution in [0.4, 0.5) is 5.82 Å². The van der Waals surface area contributed by atoms with Crippen LogP contribution in [0.15, 0.2) is 18.3 Å². The van der Waals surface area contributed by atoms with Gasteiger partial charge < -0.3 is 10.0 Å². The maximum atomic E-state index is 9.36. The van der Waals surface area contributed by atoms with Gasteiger partial charge in [-0.05, 0) is 30.2 Å². The van der Waals surface area contributed by atoms with E-state index < -0.39 is 0 Å². The first-order valence-corrected chi connectivity index (χ1v) is 6.82. The van der Waals surface area contributed by atoms with Crippen molar-refractivity contribution in [1.29, 1.82) is 0 Å². The number of hydrogen-bond donors (Lipinski definition) is 1. The summed E-state index contributed by atoms with van der Waals surface area (Å²) in [5.41, 5.74) is 1.34. The fourth-order valence-corrected chi connectivity index (χ4v) is 2.80. The molecule has 0 unspecified atom stereocenters. The van der Waals surface area contributed by atoms with Crippen LogP contribution in [0, 0.1) is 11.3 Å². The van der Waals surface area contributed by atoms with Crippen LogP contribution in [-0.4, -0.2) is 23.2 Å². The Morgan fingerprint density at radius 2 is 2.00 bits per heavy atom. The van der Waals surface area contributed by atoms with E-state index in [9.17, 15) is 5.11 Å². The smallest absolute Gasteiger partial charge is 0.134 e. The van der Waals surface area contributed by atoms with Gasteiger partial charge in [-0.1, -0.05) is 26.8 Å². The average molecular weight is 248 g/mol. The van der Waals surface area contributed by atoms with Gasteiger partial charge >= 0.3 is 0 Å². The molecule has 1 aliphatic rings. The highest BCUT2D eigenvalue weighted by Crippen LogP contribution is 2.35. The predicted molar refractivity (Wildman–Crippen MR) is 74.6 cm³/mol. The monoisotopic (exact) mass is 248 g/mol. The summed E-state index contributed by atoms with van der Waals surface area (Å²) >= 11 is 0. The standard InChI is InChI=1S/C15H24N2O/c1-15(2,3)13-6-9-17(10-7-13)14-12(11-18)5-4-8-16-14/h4-5,8,13,18H,6-7,9-11H2,1-3H3. The fourth-order valence-electron chi connectivity index (χ4n) is 2.80. The van der Waals surface area contributed by atoms with Gasteiger partial charge in [-0.25, -0.2) is 4.98 Å². The average Bonchev–Trinajstić information content (AvgIpc) is 2.38. The van der Waals surface area contributed by atoms with Gasteiger partial charge in [-0.2, -0.15) is 0 Å². The normalized spacial score (nSPS) is 18.1. The van der Waals surface area contributed by atoms with Crippen LogP contribution < -0.4 is 4.90 Å². The largest absolute Gasteiger partial charge is 0.392 e. The Hall–Kier alpha value is -1.09. The van der Waals surface area contributed by atoms with Gasteiger partial charge in [0.1, 0.15) is 5.82 Å². The van der Waals surface area contributed by atoms with Crippen LogP contribution >= 0.6 is 0 Å². The van der Waals surface area contributed by atoms with E-state index in [1.54, 1.807) is 0 Å². The predicted octanol–water partition coefficient (Wildman–Crippen LogP) is 2.84. The molecule has 0 atom stereocenters. The van der Waals surface area contributed by atoms with Crippen molar-refractivity contribution in [3.8, 4) is 0 Å². The summed E-state index contributed by atoms with van der Waals surface area (Å²) in [5.74, 6) is 1.75. The van der Waals surface area contributed by atoms with E-state index in [-0.39, 0.29) is 6.61 Å². The summed E-state index contributed by atoms with van der Waals surface area (Å²) in [4.78, 5) is 6.74. The Kier molecular flexibility index (Phi) is 3.91. The maximum absolute atomic E-state index is 9.36. The molecule has 0 aliphatic carbocycles. The molecule has 2 rings (SSSR count). The summed E-state index contributed by atoms with van der Waals surface area (Å²) < 4.78 is 0. The van der Waals surface area contributed by atoms with E-state index in [1.165, 1.54) is 12.8 Å². The van der Waals surface area contributed by atoms with Crippen molar-refractivity contribution >= 4 is 5.82 Å². The maximum Gasteiger partial charge on any atom is 0.134 e. The molecule has 3 nitrogen and oxygen atoms in total. The molecule has 0 radical (unpaired) electrons. The molecule has 18 heavy (non-hydrogen) atoms. The van der Waals surface area contributed by atoms with Gasteiger partial charge in [0.15, 0.2) is 0 Å². The molecule has 1 aliphatic heterocycles. The van der Waals surface area contributed by atoms with Crippen LogP contribution in [0.5, 0.6) is 0 Å². The number of aromatic nitrogens is 1. The lowest BCUT2D eigenvalue weighted by molar-refractivity contribution is 0.198. The molecule has 100 valence electrons. The van der Waals surface area contributed by atoms with E-state index in [4.69, 9.17) is 0 Å². The Labute approximate surface area is 110 Å². The number of pyridine rings is 1. The second-order valence-corrected chi connectivity index (χ2v) is 6.27. The Morgan fingerprint density at radius 3 is 2.56 bits per heavy atom. The Morgan fingerprint density at radius 1 is 1.33 bits per heavy atom. The molecule has 0 aromatic carbocycles. The molecule has 1 saturated heterocycles. The van der Waals surface area contributed by atoms with Gasteiger partial charge in [-0.3, -0.25) is 0 Å². The van der Waals surface area contributed by atoms with E-state index in [1.807, 2.05) is 18.3 Å². The number of anilines is 1. The first-order chi connectivity index (χ1) is 8.52. The van der Waals surface area contributed by atoms with Crippen molar-refractivity contribution in [2.75, 3.05) is 18.0 Å². The minimum absolute atomic E-state index is 0.0718. The fraction of sp³-hybridized carbons (Fsp3) is 0.667. The molecule has 1 fully saturated rings. The molecule has 0 saturated carbocycles. The van der Waals surface area contributed by atoms with Crippen LogP contribution in [0.1, 0.15) is 39.2 Å². The second-order valence-electron chi connectivity index (χ2n) is 6.27. The van der Waals surface area contributed by atoms with Gasteiger partial charge in [0.2, 0.25) is 0 Å². The highest BCUT2D eigenvalue weighted by atomic mass is 16.3. The van der Waals surface area contributed by atoms with E-state index in [0.29, 0.717) is 5.41 Å². The first kappa shape index (κ1) is 13.3. The Bertz CT molecular complexity index is 390.